The smallest absolute Gasteiger partial charge is 0.191 e. The maximum absolute atomic E-state index is 11.6. The highest BCUT2D eigenvalue weighted by atomic mass is 32.2. The zero-order valence-electron chi connectivity index (χ0n) is 15.5. The Morgan fingerprint density at radius 2 is 2.16 bits per heavy atom. The summed E-state index contributed by atoms with van der Waals surface area (Å²) in [5.41, 5.74) is 0.980. The van der Waals surface area contributed by atoms with Crippen LogP contribution in [0.15, 0.2) is 29.3 Å². The summed E-state index contributed by atoms with van der Waals surface area (Å²) in [4.78, 5) is 4.69. The Hall–Kier alpha value is -1.76. The van der Waals surface area contributed by atoms with Gasteiger partial charge in [0.25, 0.3) is 0 Å². The van der Waals surface area contributed by atoms with Crippen molar-refractivity contribution in [1.82, 2.24) is 10.6 Å². The van der Waals surface area contributed by atoms with Gasteiger partial charge in [0.2, 0.25) is 0 Å². The van der Waals surface area contributed by atoms with E-state index in [0.717, 1.165) is 17.9 Å². The predicted octanol–water partition coefficient (Wildman–Crippen LogP) is 1.72. The number of methoxy groups -OCH3 is 1. The van der Waals surface area contributed by atoms with Gasteiger partial charge in [0.15, 0.2) is 15.8 Å². The molecule has 140 valence electrons. The molecule has 25 heavy (non-hydrogen) atoms. The molecule has 0 bridgehead atoms. The number of nitrogens with one attached hydrogen (secondary N) is 2. The van der Waals surface area contributed by atoms with Crippen LogP contribution in [0.25, 0.3) is 0 Å². The fourth-order valence-corrected chi connectivity index (χ4v) is 4.51. The number of benzene rings is 1. The van der Waals surface area contributed by atoms with Crippen molar-refractivity contribution in [1.29, 1.82) is 0 Å². The van der Waals surface area contributed by atoms with Gasteiger partial charge in [-0.25, -0.2) is 8.42 Å². The summed E-state index contributed by atoms with van der Waals surface area (Å²) < 4.78 is 28.6. The Labute approximate surface area is 151 Å². The zero-order valence-corrected chi connectivity index (χ0v) is 16.3. The lowest BCUT2D eigenvalue weighted by molar-refractivity contribution is 0.412. The van der Waals surface area contributed by atoms with E-state index in [-0.39, 0.29) is 23.0 Å². The zero-order chi connectivity index (χ0) is 18.5. The molecular formula is C18H29N3O3S. The first-order chi connectivity index (χ1) is 11.8. The molecular weight excluding hydrogens is 338 g/mol. The third-order valence-electron chi connectivity index (χ3n) is 4.40. The summed E-state index contributed by atoms with van der Waals surface area (Å²) in [7, 11) is -1.25. The second kappa shape index (κ2) is 8.08. The van der Waals surface area contributed by atoms with Gasteiger partial charge in [-0.05, 0) is 31.0 Å². The third kappa shape index (κ3) is 5.63. The molecule has 1 fully saturated rings. The van der Waals surface area contributed by atoms with Crippen molar-refractivity contribution in [3.8, 4) is 5.75 Å². The normalized spacial score (nSPS) is 20.3. The number of rotatable bonds is 6. The van der Waals surface area contributed by atoms with Crippen LogP contribution in [0.4, 0.5) is 0 Å². The van der Waals surface area contributed by atoms with Crippen molar-refractivity contribution in [3.05, 3.63) is 29.8 Å². The molecule has 1 aliphatic heterocycles. The van der Waals surface area contributed by atoms with E-state index >= 15 is 0 Å². The van der Waals surface area contributed by atoms with Crippen LogP contribution >= 0.6 is 0 Å². The molecule has 2 rings (SSSR count). The molecule has 0 spiro atoms. The molecule has 0 amide bonds. The number of aliphatic imine (C=N–C) groups is 1. The quantitative estimate of drug-likeness (QED) is 0.591. The van der Waals surface area contributed by atoms with Crippen LogP contribution < -0.4 is 15.4 Å². The second-order valence-electron chi connectivity index (χ2n) is 7.06. The van der Waals surface area contributed by atoms with E-state index in [1.54, 1.807) is 7.11 Å². The molecule has 2 N–H and O–H groups in total. The van der Waals surface area contributed by atoms with Gasteiger partial charge in [0.1, 0.15) is 5.75 Å². The molecule has 0 aliphatic carbocycles. The number of hydrogen-bond acceptors (Lipinski definition) is 4. The third-order valence-corrected chi connectivity index (χ3v) is 6.17. The Balaban J connectivity index is 2.08. The summed E-state index contributed by atoms with van der Waals surface area (Å²) in [6.07, 6.45) is 0.631. The molecule has 1 aliphatic rings. The van der Waals surface area contributed by atoms with E-state index in [1.807, 2.05) is 25.1 Å². The molecule has 1 saturated heterocycles. The van der Waals surface area contributed by atoms with Crippen molar-refractivity contribution < 1.29 is 13.2 Å². The summed E-state index contributed by atoms with van der Waals surface area (Å²) in [6, 6.07) is 7.94. The number of nitrogens with zero attached hydrogens (tertiary/aromatic N) is 1. The number of guanidine groups is 1. The van der Waals surface area contributed by atoms with Gasteiger partial charge in [-0.15, -0.1) is 0 Å². The molecule has 1 atom stereocenters. The van der Waals surface area contributed by atoms with Gasteiger partial charge < -0.3 is 15.4 Å². The monoisotopic (exact) mass is 367 g/mol. The van der Waals surface area contributed by atoms with Gasteiger partial charge in [-0.2, -0.15) is 0 Å². The minimum Gasteiger partial charge on any atom is -0.497 e. The summed E-state index contributed by atoms with van der Waals surface area (Å²) in [6.45, 7) is 7.57. The van der Waals surface area contributed by atoms with Crippen LogP contribution in [0.3, 0.4) is 0 Å². The second-order valence-corrected chi connectivity index (χ2v) is 9.28. The van der Waals surface area contributed by atoms with Crippen LogP contribution in [-0.4, -0.2) is 52.1 Å². The summed E-state index contributed by atoms with van der Waals surface area (Å²) >= 11 is 0. The maximum Gasteiger partial charge on any atom is 0.191 e. The van der Waals surface area contributed by atoms with Crippen molar-refractivity contribution in [3.63, 3.8) is 0 Å². The van der Waals surface area contributed by atoms with Gasteiger partial charge in [-0.1, -0.05) is 26.0 Å². The molecule has 1 aromatic carbocycles. The lowest BCUT2D eigenvalue weighted by atomic mass is 9.84. The summed E-state index contributed by atoms with van der Waals surface area (Å²) in [5.74, 6) is 1.92. The van der Waals surface area contributed by atoms with Gasteiger partial charge >= 0.3 is 0 Å². The first-order valence-electron chi connectivity index (χ1n) is 8.65. The Kier molecular flexibility index (Phi) is 6.32. The minimum atomic E-state index is -2.91. The van der Waals surface area contributed by atoms with E-state index in [0.29, 0.717) is 18.9 Å². The fraction of sp³-hybridized carbons (Fsp3) is 0.611. The van der Waals surface area contributed by atoms with E-state index in [9.17, 15) is 8.42 Å². The molecule has 1 aromatic rings. The van der Waals surface area contributed by atoms with Crippen LogP contribution in [-0.2, 0) is 15.3 Å². The molecule has 0 radical (unpaired) electrons. The molecule has 6 nitrogen and oxygen atoms in total. The van der Waals surface area contributed by atoms with Crippen molar-refractivity contribution in [2.24, 2.45) is 4.99 Å². The lowest BCUT2D eigenvalue weighted by Crippen LogP contribution is -2.44. The van der Waals surface area contributed by atoms with Gasteiger partial charge in [0.05, 0.1) is 25.2 Å². The van der Waals surface area contributed by atoms with E-state index < -0.39 is 9.84 Å². The van der Waals surface area contributed by atoms with Gasteiger partial charge in [-0.3, -0.25) is 4.99 Å². The molecule has 0 saturated carbocycles. The van der Waals surface area contributed by atoms with Crippen LogP contribution in [0, 0.1) is 0 Å². The van der Waals surface area contributed by atoms with Crippen LogP contribution in [0.1, 0.15) is 32.8 Å². The van der Waals surface area contributed by atoms with Crippen LogP contribution in [0.2, 0.25) is 0 Å². The SMILES string of the molecule is CCNC(=NCC(C)(C)c1cccc(OC)c1)NC1CCS(=O)(=O)C1. The topological polar surface area (TPSA) is 79.8 Å². The van der Waals surface area contributed by atoms with E-state index in [2.05, 4.69) is 35.5 Å². The molecule has 0 aromatic heterocycles. The molecule has 1 heterocycles. The Morgan fingerprint density at radius 1 is 1.40 bits per heavy atom. The highest BCUT2D eigenvalue weighted by Gasteiger charge is 2.28. The largest absolute Gasteiger partial charge is 0.497 e. The Morgan fingerprint density at radius 3 is 2.76 bits per heavy atom. The summed E-state index contributed by atoms with van der Waals surface area (Å²) in [5, 5.41) is 6.46. The highest BCUT2D eigenvalue weighted by Crippen LogP contribution is 2.26. The number of sulfone groups is 1. The first-order valence-corrected chi connectivity index (χ1v) is 10.5. The van der Waals surface area contributed by atoms with Gasteiger partial charge in [0, 0.05) is 18.0 Å². The minimum absolute atomic E-state index is 0.0669. The van der Waals surface area contributed by atoms with Crippen molar-refractivity contribution in [2.75, 3.05) is 31.7 Å². The van der Waals surface area contributed by atoms with E-state index in [4.69, 9.17) is 4.74 Å². The van der Waals surface area contributed by atoms with Crippen LogP contribution in [0.5, 0.6) is 5.75 Å². The fourth-order valence-electron chi connectivity index (χ4n) is 2.83. The standard InChI is InChI=1S/C18H29N3O3S/c1-5-19-17(21-15-9-10-25(22,23)12-15)20-13-18(2,3)14-7-6-8-16(11-14)24-4/h6-8,11,15H,5,9-10,12-13H2,1-4H3,(H2,19,20,21). The highest BCUT2D eigenvalue weighted by molar-refractivity contribution is 7.91. The molecule has 1 unspecified atom stereocenters. The number of ether oxygens (including phenoxy) is 1. The van der Waals surface area contributed by atoms with Crippen molar-refractivity contribution in [2.45, 2.75) is 38.6 Å². The predicted molar refractivity (Wildman–Crippen MR) is 102 cm³/mol. The molecule has 7 heteroatoms. The Bertz CT molecular complexity index is 714. The maximum atomic E-state index is 11.6. The average Bonchev–Trinajstić information content (AvgIpc) is 2.91. The first kappa shape index (κ1) is 19.6. The number of hydrogen-bond donors (Lipinski definition) is 2. The van der Waals surface area contributed by atoms with Crippen molar-refractivity contribution >= 4 is 15.8 Å². The van der Waals surface area contributed by atoms with E-state index in [1.165, 1.54) is 0 Å². The average molecular weight is 368 g/mol. The lowest BCUT2D eigenvalue weighted by Gasteiger charge is -2.25.